The molecule has 1 aliphatic heterocycles. The van der Waals surface area contributed by atoms with Crippen LogP contribution < -0.4 is 5.32 Å². The van der Waals surface area contributed by atoms with Crippen molar-refractivity contribution in [2.75, 3.05) is 38.6 Å². The highest BCUT2D eigenvalue weighted by Gasteiger charge is 2.17. The van der Waals surface area contributed by atoms with Crippen LogP contribution in [0.5, 0.6) is 0 Å². The SMILES string of the molecule is CN1CCOC(CNc2ccccc2C#N)C1. The zero-order valence-corrected chi connectivity index (χ0v) is 10.0. The van der Waals surface area contributed by atoms with E-state index in [1.54, 1.807) is 0 Å². The van der Waals surface area contributed by atoms with Crippen LogP contribution in [0.2, 0.25) is 0 Å². The third kappa shape index (κ3) is 3.19. The van der Waals surface area contributed by atoms with E-state index in [0.29, 0.717) is 5.56 Å². The van der Waals surface area contributed by atoms with Gasteiger partial charge >= 0.3 is 0 Å². The van der Waals surface area contributed by atoms with Crippen LogP contribution in [0, 0.1) is 11.3 Å². The van der Waals surface area contributed by atoms with Crippen molar-refractivity contribution in [3.05, 3.63) is 29.8 Å². The number of nitrogens with one attached hydrogen (secondary N) is 1. The van der Waals surface area contributed by atoms with Gasteiger partial charge in [0.1, 0.15) is 6.07 Å². The van der Waals surface area contributed by atoms with Gasteiger partial charge in [0.05, 0.1) is 24.0 Å². The van der Waals surface area contributed by atoms with E-state index in [4.69, 9.17) is 10.00 Å². The van der Waals surface area contributed by atoms with Crippen LogP contribution >= 0.6 is 0 Å². The van der Waals surface area contributed by atoms with E-state index in [0.717, 1.165) is 31.9 Å². The summed E-state index contributed by atoms with van der Waals surface area (Å²) in [7, 11) is 2.10. The van der Waals surface area contributed by atoms with Gasteiger partial charge in [0.15, 0.2) is 0 Å². The third-order valence-corrected chi connectivity index (χ3v) is 2.91. The number of hydrogen-bond acceptors (Lipinski definition) is 4. The summed E-state index contributed by atoms with van der Waals surface area (Å²) in [6, 6.07) is 9.71. The van der Waals surface area contributed by atoms with Crippen LogP contribution in [0.4, 0.5) is 5.69 Å². The Balaban J connectivity index is 1.91. The Morgan fingerprint density at radius 3 is 3.12 bits per heavy atom. The van der Waals surface area contributed by atoms with E-state index in [-0.39, 0.29) is 6.10 Å². The molecular weight excluding hydrogens is 214 g/mol. The summed E-state index contributed by atoms with van der Waals surface area (Å²) in [6.07, 6.45) is 0.195. The molecule has 0 bridgehead atoms. The van der Waals surface area contributed by atoms with Crippen molar-refractivity contribution >= 4 is 5.69 Å². The highest BCUT2D eigenvalue weighted by atomic mass is 16.5. The first-order valence-corrected chi connectivity index (χ1v) is 5.83. The molecule has 2 rings (SSSR count). The Morgan fingerprint density at radius 2 is 2.35 bits per heavy atom. The van der Waals surface area contributed by atoms with Gasteiger partial charge in [0.2, 0.25) is 0 Å². The van der Waals surface area contributed by atoms with Crippen molar-refractivity contribution in [3.63, 3.8) is 0 Å². The Kier molecular flexibility index (Phi) is 3.97. The van der Waals surface area contributed by atoms with Crippen molar-refractivity contribution in [1.82, 2.24) is 4.90 Å². The quantitative estimate of drug-likeness (QED) is 0.852. The Morgan fingerprint density at radius 1 is 1.53 bits per heavy atom. The second-order valence-corrected chi connectivity index (χ2v) is 4.29. The summed E-state index contributed by atoms with van der Waals surface area (Å²) in [5.74, 6) is 0. The first-order valence-electron chi connectivity index (χ1n) is 5.83. The minimum absolute atomic E-state index is 0.195. The lowest BCUT2D eigenvalue weighted by molar-refractivity contribution is -0.0117. The van der Waals surface area contributed by atoms with E-state index < -0.39 is 0 Å². The number of morpholine rings is 1. The van der Waals surface area contributed by atoms with Crippen LogP contribution in [-0.2, 0) is 4.74 Å². The van der Waals surface area contributed by atoms with Gasteiger partial charge in [-0.25, -0.2) is 0 Å². The lowest BCUT2D eigenvalue weighted by atomic mass is 10.2. The molecule has 4 nitrogen and oxygen atoms in total. The molecule has 1 saturated heterocycles. The summed E-state index contributed by atoms with van der Waals surface area (Å²) in [5, 5.41) is 12.2. The van der Waals surface area contributed by atoms with Crippen molar-refractivity contribution < 1.29 is 4.74 Å². The molecule has 1 unspecified atom stereocenters. The number of anilines is 1. The summed E-state index contributed by atoms with van der Waals surface area (Å²) >= 11 is 0. The largest absolute Gasteiger partial charge is 0.381 e. The number of para-hydroxylation sites is 1. The van der Waals surface area contributed by atoms with E-state index >= 15 is 0 Å². The average Bonchev–Trinajstić information content (AvgIpc) is 2.37. The maximum Gasteiger partial charge on any atom is 0.101 e. The molecular formula is C13H17N3O. The van der Waals surface area contributed by atoms with E-state index in [1.165, 1.54) is 0 Å². The lowest BCUT2D eigenvalue weighted by Gasteiger charge is -2.30. The second kappa shape index (κ2) is 5.67. The molecule has 0 amide bonds. The molecule has 0 aliphatic carbocycles. The fourth-order valence-corrected chi connectivity index (χ4v) is 1.95. The van der Waals surface area contributed by atoms with Crippen molar-refractivity contribution in [2.45, 2.75) is 6.10 Å². The normalized spacial score (nSPS) is 20.8. The highest BCUT2D eigenvalue weighted by molar-refractivity contribution is 5.57. The zero-order valence-electron chi connectivity index (χ0n) is 10.0. The molecule has 1 aliphatic rings. The zero-order chi connectivity index (χ0) is 12.1. The predicted octanol–water partition coefficient (Wildman–Crippen LogP) is 1.30. The van der Waals surface area contributed by atoms with Crippen molar-refractivity contribution in [2.24, 2.45) is 0 Å². The lowest BCUT2D eigenvalue weighted by Crippen LogP contribution is -2.43. The Labute approximate surface area is 102 Å². The van der Waals surface area contributed by atoms with Gasteiger partial charge < -0.3 is 15.0 Å². The van der Waals surface area contributed by atoms with Gasteiger partial charge in [-0.15, -0.1) is 0 Å². The summed E-state index contributed by atoms with van der Waals surface area (Å²) in [6.45, 7) is 3.44. The molecule has 1 fully saturated rings. The molecule has 1 N–H and O–H groups in total. The topological polar surface area (TPSA) is 48.3 Å². The number of benzene rings is 1. The van der Waals surface area contributed by atoms with Crippen LogP contribution in [0.1, 0.15) is 5.56 Å². The fourth-order valence-electron chi connectivity index (χ4n) is 1.95. The monoisotopic (exact) mass is 231 g/mol. The van der Waals surface area contributed by atoms with Crippen molar-refractivity contribution in [1.29, 1.82) is 5.26 Å². The van der Waals surface area contributed by atoms with E-state index in [9.17, 15) is 0 Å². The number of rotatable bonds is 3. The first-order chi connectivity index (χ1) is 8.29. The van der Waals surface area contributed by atoms with Gasteiger partial charge in [-0.05, 0) is 19.2 Å². The van der Waals surface area contributed by atoms with Crippen LogP contribution in [0.25, 0.3) is 0 Å². The minimum Gasteiger partial charge on any atom is -0.381 e. The molecule has 17 heavy (non-hydrogen) atoms. The number of nitriles is 1. The summed E-state index contributed by atoms with van der Waals surface area (Å²) < 4.78 is 5.66. The smallest absolute Gasteiger partial charge is 0.101 e. The molecule has 0 saturated carbocycles. The maximum atomic E-state index is 8.97. The maximum absolute atomic E-state index is 8.97. The molecule has 0 radical (unpaired) electrons. The second-order valence-electron chi connectivity index (χ2n) is 4.29. The molecule has 1 atom stereocenters. The summed E-state index contributed by atoms with van der Waals surface area (Å²) in [5.41, 5.74) is 1.56. The molecule has 4 heteroatoms. The van der Waals surface area contributed by atoms with Crippen molar-refractivity contribution in [3.8, 4) is 6.07 Å². The standard InChI is InChI=1S/C13H17N3O/c1-16-6-7-17-12(10-16)9-15-13-5-3-2-4-11(13)8-14/h2-5,12,15H,6-7,9-10H2,1H3. The van der Waals surface area contributed by atoms with Crippen LogP contribution in [0.15, 0.2) is 24.3 Å². The van der Waals surface area contributed by atoms with E-state index in [1.807, 2.05) is 24.3 Å². The fraction of sp³-hybridized carbons (Fsp3) is 0.462. The van der Waals surface area contributed by atoms with Gasteiger partial charge in [0.25, 0.3) is 0 Å². The molecule has 1 aromatic carbocycles. The minimum atomic E-state index is 0.195. The van der Waals surface area contributed by atoms with Gasteiger partial charge in [-0.2, -0.15) is 5.26 Å². The molecule has 1 heterocycles. The molecule has 1 aromatic rings. The first kappa shape index (κ1) is 11.9. The highest BCUT2D eigenvalue weighted by Crippen LogP contribution is 2.14. The van der Waals surface area contributed by atoms with Crippen LogP contribution in [0.3, 0.4) is 0 Å². The number of ether oxygens (including phenoxy) is 1. The number of likely N-dealkylation sites (N-methyl/N-ethyl adjacent to an activating group) is 1. The summed E-state index contributed by atoms with van der Waals surface area (Å²) in [4.78, 5) is 2.26. The van der Waals surface area contributed by atoms with Gasteiger partial charge in [0, 0.05) is 19.6 Å². The predicted molar refractivity (Wildman–Crippen MR) is 66.9 cm³/mol. The molecule has 0 aromatic heterocycles. The Bertz CT molecular complexity index is 413. The van der Waals surface area contributed by atoms with Gasteiger partial charge in [-0.3, -0.25) is 0 Å². The van der Waals surface area contributed by atoms with Gasteiger partial charge in [-0.1, -0.05) is 12.1 Å². The van der Waals surface area contributed by atoms with Crippen LogP contribution in [-0.4, -0.2) is 44.3 Å². The Hall–Kier alpha value is -1.57. The third-order valence-electron chi connectivity index (χ3n) is 2.91. The number of nitrogens with zero attached hydrogens (tertiary/aromatic N) is 2. The average molecular weight is 231 g/mol. The van der Waals surface area contributed by atoms with E-state index in [2.05, 4.69) is 23.3 Å². The number of hydrogen-bond donors (Lipinski definition) is 1. The molecule has 0 spiro atoms. The molecule has 90 valence electrons.